The molecule has 5 rings (SSSR count). The Hall–Kier alpha value is -4.11. The molecular formula is C30H26N2O. The summed E-state index contributed by atoms with van der Waals surface area (Å²) in [6.07, 6.45) is 2.67. The van der Waals surface area contributed by atoms with Crippen LogP contribution in [0.25, 0.3) is 28.1 Å². The minimum atomic E-state index is 0.798. The lowest BCUT2D eigenvalue weighted by Gasteiger charge is -2.14. The second kappa shape index (κ2) is 9.17. The van der Waals surface area contributed by atoms with Crippen LogP contribution in [0.2, 0.25) is 0 Å². The second-order valence-electron chi connectivity index (χ2n) is 8.06. The summed E-state index contributed by atoms with van der Waals surface area (Å²) in [7, 11) is 1.70. The molecule has 5 aromatic rings. The van der Waals surface area contributed by atoms with Crippen LogP contribution in [0.5, 0.6) is 5.75 Å². The molecule has 0 amide bonds. The number of benzene rings is 3. The van der Waals surface area contributed by atoms with Gasteiger partial charge in [0.1, 0.15) is 5.75 Å². The highest BCUT2D eigenvalue weighted by Crippen LogP contribution is 2.41. The Bertz CT molecular complexity index is 1340. The molecule has 2 heterocycles. The summed E-state index contributed by atoms with van der Waals surface area (Å²) in [6.45, 7) is 2.20. The van der Waals surface area contributed by atoms with Gasteiger partial charge >= 0.3 is 0 Å². The van der Waals surface area contributed by atoms with Crippen molar-refractivity contribution < 1.29 is 4.74 Å². The predicted octanol–water partition coefficient (Wildman–Crippen LogP) is 7.11. The molecule has 0 unspecified atom stereocenters. The van der Waals surface area contributed by atoms with E-state index in [1.807, 2.05) is 24.4 Å². The van der Waals surface area contributed by atoms with E-state index in [2.05, 4.69) is 96.4 Å². The summed E-state index contributed by atoms with van der Waals surface area (Å²) < 4.78 is 7.78. The van der Waals surface area contributed by atoms with Gasteiger partial charge in [-0.05, 0) is 54.4 Å². The Kier molecular flexibility index (Phi) is 5.77. The van der Waals surface area contributed by atoms with Crippen LogP contribution in [0.1, 0.15) is 17.0 Å². The van der Waals surface area contributed by atoms with Crippen LogP contribution in [0.4, 0.5) is 0 Å². The number of methoxy groups -OCH3 is 1. The molecule has 0 saturated heterocycles. The summed E-state index contributed by atoms with van der Waals surface area (Å²) in [5.41, 5.74) is 9.37. The maximum atomic E-state index is 5.41. The Balaban J connectivity index is 1.83. The third-order valence-electron chi connectivity index (χ3n) is 6.03. The van der Waals surface area contributed by atoms with Gasteiger partial charge in [-0.25, -0.2) is 0 Å². The van der Waals surface area contributed by atoms with Gasteiger partial charge in [-0.15, -0.1) is 0 Å². The van der Waals surface area contributed by atoms with Gasteiger partial charge in [0.25, 0.3) is 0 Å². The maximum Gasteiger partial charge on any atom is 0.119 e. The van der Waals surface area contributed by atoms with Crippen LogP contribution in [0, 0.1) is 6.92 Å². The van der Waals surface area contributed by atoms with E-state index in [4.69, 9.17) is 9.72 Å². The molecule has 33 heavy (non-hydrogen) atoms. The van der Waals surface area contributed by atoms with Crippen molar-refractivity contribution in [3.05, 3.63) is 126 Å². The fraction of sp³-hybridized carbons (Fsp3) is 0.100. The van der Waals surface area contributed by atoms with Crippen LogP contribution in [0.15, 0.2) is 109 Å². The Morgan fingerprint density at radius 3 is 2.03 bits per heavy atom. The first-order valence-electron chi connectivity index (χ1n) is 11.2. The van der Waals surface area contributed by atoms with Crippen molar-refractivity contribution in [2.24, 2.45) is 0 Å². The topological polar surface area (TPSA) is 27.1 Å². The quantitative estimate of drug-likeness (QED) is 0.287. The SMILES string of the molecule is COc1ccc(-n2c(C)c(-c3ccccc3)c(-c3ccccn3)c2Cc2ccccc2)cc1. The van der Waals surface area contributed by atoms with Crippen LogP contribution < -0.4 is 4.74 Å². The summed E-state index contributed by atoms with van der Waals surface area (Å²) in [6, 6.07) is 35.7. The number of rotatable bonds is 6. The van der Waals surface area contributed by atoms with Gasteiger partial charge in [0.05, 0.1) is 12.8 Å². The van der Waals surface area contributed by atoms with Gasteiger partial charge in [0, 0.05) is 40.8 Å². The molecule has 0 aliphatic carbocycles. The van der Waals surface area contributed by atoms with E-state index in [1.54, 1.807) is 7.11 Å². The predicted molar refractivity (Wildman–Crippen MR) is 135 cm³/mol. The lowest BCUT2D eigenvalue weighted by Crippen LogP contribution is -2.04. The highest BCUT2D eigenvalue weighted by molar-refractivity contribution is 5.87. The zero-order valence-electron chi connectivity index (χ0n) is 18.9. The molecule has 2 aromatic heterocycles. The van der Waals surface area contributed by atoms with Gasteiger partial charge in [0.15, 0.2) is 0 Å². The van der Waals surface area contributed by atoms with Crippen LogP contribution in [-0.4, -0.2) is 16.7 Å². The lowest BCUT2D eigenvalue weighted by molar-refractivity contribution is 0.414. The first-order valence-corrected chi connectivity index (χ1v) is 11.2. The van der Waals surface area contributed by atoms with Gasteiger partial charge < -0.3 is 9.30 Å². The smallest absolute Gasteiger partial charge is 0.119 e. The molecule has 3 aromatic carbocycles. The fourth-order valence-corrected chi connectivity index (χ4v) is 4.53. The maximum absolute atomic E-state index is 5.41. The number of pyridine rings is 1. The Morgan fingerprint density at radius 2 is 1.39 bits per heavy atom. The highest BCUT2D eigenvalue weighted by Gasteiger charge is 2.24. The monoisotopic (exact) mass is 430 g/mol. The van der Waals surface area contributed by atoms with Crippen molar-refractivity contribution >= 4 is 0 Å². The summed E-state index contributed by atoms with van der Waals surface area (Å²) >= 11 is 0. The Labute approximate surface area is 195 Å². The van der Waals surface area contributed by atoms with Crippen molar-refractivity contribution in [1.82, 2.24) is 9.55 Å². The number of nitrogens with zero attached hydrogens (tertiary/aromatic N) is 2. The van der Waals surface area contributed by atoms with Gasteiger partial charge in [-0.3, -0.25) is 4.98 Å². The van der Waals surface area contributed by atoms with E-state index < -0.39 is 0 Å². The largest absolute Gasteiger partial charge is 0.497 e. The molecule has 0 aliphatic rings. The zero-order chi connectivity index (χ0) is 22.6. The van der Waals surface area contributed by atoms with E-state index in [9.17, 15) is 0 Å². The van der Waals surface area contributed by atoms with Gasteiger partial charge in [-0.2, -0.15) is 0 Å². The van der Waals surface area contributed by atoms with Gasteiger partial charge in [-0.1, -0.05) is 66.7 Å². The van der Waals surface area contributed by atoms with Crippen molar-refractivity contribution in [2.75, 3.05) is 7.11 Å². The molecule has 0 saturated carbocycles. The van der Waals surface area contributed by atoms with Crippen molar-refractivity contribution in [3.8, 4) is 33.8 Å². The van der Waals surface area contributed by atoms with E-state index in [1.165, 1.54) is 33.6 Å². The molecule has 0 spiro atoms. The van der Waals surface area contributed by atoms with Crippen LogP contribution in [-0.2, 0) is 6.42 Å². The first-order chi connectivity index (χ1) is 16.3. The number of ether oxygens (including phenoxy) is 1. The molecule has 0 fully saturated rings. The first kappa shape index (κ1) is 20.8. The number of aromatic nitrogens is 2. The molecule has 0 aliphatic heterocycles. The molecule has 0 atom stereocenters. The second-order valence-corrected chi connectivity index (χ2v) is 8.06. The normalized spacial score (nSPS) is 10.8. The van der Waals surface area contributed by atoms with Crippen molar-refractivity contribution in [2.45, 2.75) is 13.3 Å². The number of hydrogen-bond acceptors (Lipinski definition) is 2. The molecule has 0 radical (unpaired) electrons. The molecular weight excluding hydrogens is 404 g/mol. The molecule has 0 bridgehead atoms. The third-order valence-corrected chi connectivity index (χ3v) is 6.03. The van der Waals surface area contributed by atoms with E-state index in [0.717, 1.165) is 23.6 Å². The minimum Gasteiger partial charge on any atom is -0.497 e. The Morgan fingerprint density at radius 1 is 0.727 bits per heavy atom. The minimum absolute atomic E-state index is 0.798. The van der Waals surface area contributed by atoms with E-state index in [0.29, 0.717) is 0 Å². The molecule has 3 nitrogen and oxygen atoms in total. The highest BCUT2D eigenvalue weighted by atomic mass is 16.5. The van der Waals surface area contributed by atoms with Crippen LogP contribution in [0.3, 0.4) is 0 Å². The summed E-state index contributed by atoms with van der Waals surface area (Å²) in [4.78, 5) is 4.78. The average molecular weight is 431 g/mol. The third kappa shape index (κ3) is 4.06. The fourth-order valence-electron chi connectivity index (χ4n) is 4.53. The lowest BCUT2D eigenvalue weighted by atomic mass is 9.96. The summed E-state index contributed by atoms with van der Waals surface area (Å²) in [5, 5.41) is 0. The summed E-state index contributed by atoms with van der Waals surface area (Å²) in [5.74, 6) is 0.849. The standard InChI is InChI=1S/C30H26N2O/c1-22-29(24-13-7-4-8-14-24)30(27-15-9-10-20-31-27)28(21-23-11-5-3-6-12-23)32(22)25-16-18-26(33-2)19-17-25/h3-20H,21H2,1-2H3. The molecule has 162 valence electrons. The van der Waals surface area contributed by atoms with Crippen molar-refractivity contribution in [1.29, 1.82) is 0 Å². The van der Waals surface area contributed by atoms with Crippen LogP contribution >= 0.6 is 0 Å². The zero-order valence-corrected chi connectivity index (χ0v) is 18.9. The average Bonchev–Trinajstić information content (AvgIpc) is 3.17. The van der Waals surface area contributed by atoms with Crippen molar-refractivity contribution in [3.63, 3.8) is 0 Å². The van der Waals surface area contributed by atoms with E-state index in [-0.39, 0.29) is 0 Å². The number of hydrogen-bond donors (Lipinski definition) is 0. The molecule has 3 heteroatoms. The van der Waals surface area contributed by atoms with Gasteiger partial charge in [0.2, 0.25) is 0 Å². The van der Waals surface area contributed by atoms with E-state index >= 15 is 0 Å². The molecule has 0 N–H and O–H groups in total.